The van der Waals surface area contributed by atoms with Gasteiger partial charge in [0, 0.05) is 23.3 Å². The fourth-order valence-corrected chi connectivity index (χ4v) is 4.13. The Labute approximate surface area is 151 Å². The van der Waals surface area contributed by atoms with E-state index in [0.717, 1.165) is 35.2 Å². The van der Waals surface area contributed by atoms with Crippen LogP contribution in [0.15, 0.2) is 23.1 Å². The van der Waals surface area contributed by atoms with Gasteiger partial charge in [-0.15, -0.1) is 23.1 Å². The van der Waals surface area contributed by atoms with Crippen LogP contribution in [0.4, 0.5) is 13.8 Å². The van der Waals surface area contributed by atoms with Crippen LogP contribution in [0.25, 0.3) is 0 Å². The lowest BCUT2D eigenvalue weighted by molar-refractivity contribution is 0.0527. The molecule has 0 saturated heterocycles. The summed E-state index contributed by atoms with van der Waals surface area (Å²) in [5.74, 6) is -2.73. The van der Waals surface area contributed by atoms with Crippen molar-refractivity contribution in [1.82, 2.24) is 5.32 Å². The van der Waals surface area contributed by atoms with Crippen LogP contribution in [-0.4, -0.2) is 25.5 Å². The second-order valence-corrected chi connectivity index (χ2v) is 6.91. The maximum atomic E-state index is 13.3. The molecule has 0 atom stereocenters. The van der Waals surface area contributed by atoms with Crippen molar-refractivity contribution < 1.29 is 23.1 Å². The van der Waals surface area contributed by atoms with Crippen LogP contribution < -0.4 is 11.1 Å². The Kier molecular flexibility index (Phi) is 6.38. The van der Waals surface area contributed by atoms with Crippen molar-refractivity contribution in [1.29, 1.82) is 0 Å². The Bertz CT molecular complexity index is 809. The number of benzene rings is 1. The first-order valence-corrected chi connectivity index (χ1v) is 9.07. The molecule has 0 fully saturated rings. The highest BCUT2D eigenvalue weighted by atomic mass is 32.2. The van der Waals surface area contributed by atoms with Crippen molar-refractivity contribution >= 4 is 40.0 Å². The van der Waals surface area contributed by atoms with Crippen LogP contribution in [-0.2, 0) is 10.5 Å². The predicted molar refractivity (Wildman–Crippen MR) is 94.0 cm³/mol. The van der Waals surface area contributed by atoms with E-state index in [-0.39, 0.29) is 33.7 Å². The third-order valence-electron chi connectivity index (χ3n) is 3.22. The van der Waals surface area contributed by atoms with Gasteiger partial charge in [-0.05, 0) is 25.1 Å². The van der Waals surface area contributed by atoms with E-state index in [1.165, 1.54) is 13.1 Å². The largest absolute Gasteiger partial charge is 0.462 e. The fourth-order valence-electron chi connectivity index (χ4n) is 2.07. The molecule has 25 heavy (non-hydrogen) atoms. The number of amides is 1. The summed E-state index contributed by atoms with van der Waals surface area (Å²) in [5, 5.41) is 2.67. The van der Waals surface area contributed by atoms with Gasteiger partial charge in [-0.3, -0.25) is 4.79 Å². The number of carbonyl (C=O) groups is 2. The van der Waals surface area contributed by atoms with Crippen molar-refractivity contribution in [2.45, 2.75) is 17.6 Å². The van der Waals surface area contributed by atoms with Gasteiger partial charge in [-0.1, -0.05) is 0 Å². The smallest absolute Gasteiger partial charge is 0.341 e. The highest BCUT2D eigenvalue weighted by molar-refractivity contribution is 7.98. The van der Waals surface area contributed by atoms with E-state index in [4.69, 9.17) is 10.5 Å². The molecule has 2 rings (SSSR count). The van der Waals surface area contributed by atoms with E-state index in [2.05, 4.69) is 5.32 Å². The average Bonchev–Trinajstić information content (AvgIpc) is 2.92. The predicted octanol–water partition coefficient (Wildman–Crippen LogP) is 3.44. The van der Waals surface area contributed by atoms with Gasteiger partial charge >= 0.3 is 5.97 Å². The maximum absolute atomic E-state index is 13.3. The molecule has 0 aliphatic carbocycles. The Morgan fingerprint density at radius 1 is 1.32 bits per heavy atom. The molecule has 0 saturated carbocycles. The summed E-state index contributed by atoms with van der Waals surface area (Å²) < 4.78 is 31.4. The van der Waals surface area contributed by atoms with Crippen LogP contribution in [0.1, 0.15) is 32.5 Å². The third kappa shape index (κ3) is 4.29. The number of nitrogens with two attached hydrogens (primary N) is 1. The number of carbonyl (C=O) groups excluding carboxylic acids is 2. The number of halogens is 2. The Balaban J connectivity index is 2.37. The van der Waals surface area contributed by atoms with Crippen molar-refractivity contribution in [3.63, 3.8) is 0 Å². The molecule has 134 valence electrons. The number of rotatable bonds is 6. The van der Waals surface area contributed by atoms with Crippen molar-refractivity contribution in [2.24, 2.45) is 0 Å². The minimum Gasteiger partial charge on any atom is -0.462 e. The number of esters is 1. The number of thioether (sulfide) groups is 1. The lowest BCUT2D eigenvalue weighted by atomic mass is 10.1. The SMILES string of the molecule is CCOC(=O)c1c(N)sc(C(=O)NC)c1CSc1ccc(F)c(F)c1. The Hall–Kier alpha value is -2.13. The molecule has 0 unspecified atom stereocenters. The molecule has 5 nitrogen and oxygen atoms in total. The van der Waals surface area contributed by atoms with Gasteiger partial charge in [0.05, 0.1) is 17.0 Å². The molecule has 0 aliphatic rings. The molecule has 1 aromatic carbocycles. The highest BCUT2D eigenvalue weighted by Crippen LogP contribution is 2.36. The molecule has 0 bridgehead atoms. The minimum absolute atomic E-state index is 0.139. The normalized spacial score (nSPS) is 10.6. The average molecular weight is 386 g/mol. The molecule has 1 heterocycles. The summed E-state index contributed by atoms with van der Waals surface area (Å²) in [6, 6.07) is 3.49. The number of nitrogens with one attached hydrogen (secondary N) is 1. The summed E-state index contributed by atoms with van der Waals surface area (Å²) in [5.41, 5.74) is 6.45. The Morgan fingerprint density at radius 2 is 2.04 bits per heavy atom. The van der Waals surface area contributed by atoms with E-state index in [0.29, 0.717) is 10.5 Å². The lowest BCUT2D eigenvalue weighted by Crippen LogP contribution is -2.18. The topological polar surface area (TPSA) is 81.4 Å². The molecule has 2 aromatic rings. The van der Waals surface area contributed by atoms with E-state index in [1.807, 2.05) is 0 Å². The maximum Gasteiger partial charge on any atom is 0.341 e. The molecule has 1 aromatic heterocycles. The van der Waals surface area contributed by atoms with E-state index >= 15 is 0 Å². The first-order valence-electron chi connectivity index (χ1n) is 7.27. The zero-order chi connectivity index (χ0) is 18.6. The number of ether oxygens (including phenoxy) is 1. The van der Waals surface area contributed by atoms with Crippen LogP contribution in [0, 0.1) is 11.6 Å². The van der Waals surface area contributed by atoms with Crippen LogP contribution >= 0.6 is 23.1 Å². The summed E-state index contributed by atoms with van der Waals surface area (Å²) in [7, 11) is 1.47. The number of thiophene rings is 1. The second kappa shape index (κ2) is 8.30. The fraction of sp³-hybridized carbons (Fsp3) is 0.250. The van der Waals surface area contributed by atoms with Crippen LogP contribution in [0.3, 0.4) is 0 Å². The number of nitrogen functional groups attached to an aromatic ring is 1. The van der Waals surface area contributed by atoms with E-state index < -0.39 is 17.6 Å². The first-order chi connectivity index (χ1) is 11.9. The number of anilines is 1. The minimum atomic E-state index is -0.966. The van der Waals surface area contributed by atoms with Crippen LogP contribution in [0.2, 0.25) is 0 Å². The standard InChI is InChI=1S/C16H16F2N2O3S2/c1-3-23-16(22)12-9(13(15(21)20-2)25-14(12)19)7-24-8-4-5-10(17)11(18)6-8/h4-6H,3,7,19H2,1-2H3,(H,20,21). The molecule has 1 amide bonds. The van der Waals surface area contributed by atoms with Gasteiger partial charge in [0.25, 0.3) is 5.91 Å². The number of hydrogen-bond acceptors (Lipinski definition) is 6. The zero-order valence-corrected chi connectivity index (χ0v) is 15.2. The summed E-state index contributed by atoms with van der Waals surface area (Å²) in [6.45, 7) is 1.83. The van der Waals surface area contributed by atoms with Gasteiger partial charge in [-0.2, -0.15) is 0 Å². The molecule has 3 N–H and O–H groups in total. The molecule has 9 heteroatoms. The summed E-state index contributed by atoms with van der Waals surface area (Å²) in [4.78, 5) is 25.0. The van der Waals surface area contributed by atoms with Crippen molar-refractivity contribution in [2.75, 3.05) is 19.4 Å². The molecule has 0 spiro atoms. The van der Waals surface area contributed by atoms with Gasteiger partial charge in [0.2, 0.25) is 0 Å². The van der Waals surface area contributed by atoms with Crippen molar-refractivity contribution in [3.8, 4) is 0 Å². The van der Waals surface area contributed by atoms with E-state index in [9.17, 15) is 18.4 Å². The Morgan fingerprint density at radius 3 is 2.64 bits per heavy atom. The second-order valence-electron chi connectivity index (χ2n) is 4.81. The monoisotopic (exact) mass is 386 g/mol. The molecular formula is C16H16F2N2O3S2. The molecule has 0 aliphatic heterocycles. The van der Waals surface area contributed by atoms with Crippen LogP contribution in [0.5, 0.6) is 0 Å². The van der Waals surface area contributed by atoms with Crippen molar-refractivity contribution in [3.05, 3.63) is 45.8 Å². The van der Waals surface area contributed by atoms with Gasteiger partial charge in [-0.25, -0.2) is 13.6 Å². The third-order valence-corrected chi connectivity index (χ3v) is 5.30. The summed E-state index contributed by atoms with van der Waals surface area (Å²) in [6.07, 6.45) is 0. The quantitative estimate of drug-likeness (QED) is 0.587. The van der Waals surface area contributed by atoms with Gasteiger partial charge in [0.1, 0.15) is 5.00 Å². The molecular weight excluding hydrogens is 370 g/mol. The number of hydrogen-bond donors (Lipinski definition) is 2. The highest BCUT2D eigenvalue weighted by Gasteiger charge is 2.26. The van der Waals surface area contributed by atoms with E-state index in [1.54, 1.807) is 6.92 Å². The zero-order valence-electron chi connectivity index (χ0n) is 13.5. The van der Waals surface area contributed by atoms with Gasteiger partial charge < -0.3 is 15.8 Å². The first kappa shape index (κ1) is 19.2. The summed E-state index contributed by atoms with van der Waals surface area (Å²) >= 11 is 2.14. The lowest BCUT2D eigenvalue weighted by Gasteiger charge is -2.08. The molecule has 0 radical (unpaired) electrons. The van der Waals surface area contributed by atoms with Gasteiger partial charge in [0.15, 0.2) is 11.6 Å².